The molecule has 0 aliphatic carbocycles. The fourth-order valence-corrected chi connectivity index (χ4v) is 3.00. The molecular formula is C17H20IN. The average Bonchev–Trinajstić information content (AvgIpc) is 2.42. The topological polar surface area (TPSA) is 12.0 Å². The second-order valence-electron chi connectivity index (χ2n) is 5.01. The van der Waals surface area contributed by atoms with Crippen LogP contribution in [0.1, 0.15) is 28.3 Å². The highest BCUT2D eigenvalue weighted by atomic mass is 127. The third-order valence-corrected chi connectivity index (χ3v) is 4.98. The Labute approximate surface area is 129 Å². The molecule has 2 aromatic rings. The van der Waals surface area contributed by atoms with E-state index < -0.39 is 0 Å². The second kappa shape index (κ2) is 6.53. The summed E-state index contributed by atoms with van der Waals surface area (Å²) in [4.78, 5) is 0. The number of benzene rings is 2. The summed E-state index contributed by atoms with van der Waals surface area (Å²) in [5.41, 5.74) is 5.43. The highest BCUT2D eigenvalue weighted by Gasteiger charge is 2.14. The molecule has 0 radical (unpaired) electrons. The Morgan fingerprint density at radius 3 is 2.37 bits per heavy atom. The molecule has 19 heavy (non-hydrogen) atoms. The lowest BCUT2D eigenvalue weighted by molar-refractivity contribution is 0.589. The molecule has 1 unspecified atom stereocenters. The fraction of sp³-hybridized carbons (Fsp3) is 0.294. The van der Waals surface area contributed by atoms with Crippen LogP contribution in [-0.4, -0.2) is 7.05 Å². The molecule has 0 amide bonds. The van der Waals surface area contributed by atoms with Crippen LogP contribution in [0.3, 0.4) is 0 Å². The first kappa shape index (κ1) is 14.5. The van der Waals surface area contributed by atoms with E-state index in [-0.39, 0.29) is 0 Å². The number of nitrogens with one attached hydrogen (secondary N) is 1. The van der Waals surface area contributed by atoms with Gasteiger partial charge in [0.2, 0.25) is 0 Å². The Hall–Kier alpha value is -0.870. The maximum Gasteiger partial charge on any atom is 0.0369 e. The summed E-state index contributed by atoms with van der Waals surface area (Å²) in [6, 6.07) is 15.7. The standard InChI is InChI=1S/C17H20IN/c1-12-7-9-14(10-8-12)11-16(19-3)15-6-4-5-13(2)17(15)18/h4-10,16,19H,11H2,1-3H3. The fourth-order valence-electron chi connectivity index (χ4n) is 2.27. The van der Waals surface area contributed by atoms with Gasteiger partial charge in [0, 0.05) is 9.61 Å². The molecule has 0 aliphatic rings. The first-order valence-corrected chi connectivity index (χ1v) is 7.67. The Balaban J connectivity index is 2.25. The number of likely N-dealkylation sites (N-methyl/N-ethyl adjacent to an activating group) is 1. The van der Waals surface area contributed by atoms with Gasteiger partial charge < -0.3 is 5.32 Å². The van der Waals surface area contributed by atoms with Crippen molar-refractivity contribution >= 4 is 22.6 Å². The second-order valence-corrected chi connectivity index (χ2v) is 6.09. The predicted molar refractivity (Wildman–Crippen MR) is 90.6 cm³/mol. The molecular weight excluding hydrogens is 345 g/mol. The van der Waals surface area contributed by atoms with E-state index in [1.807, 2.05) is 7.05 Å². The minimum Gasteiger partial charge on any atom is -0.313 e. The lowest BCUT2D eigenvalue weighted by Gasteiger charge is -2.19. The molecule has 100 valence electrons. The van der Waals surface area contributed by atoms with Gasteiger partial charge in [-0.3, -0.25) is 0 Å². The van der Waals surface area contributed by atoms with Crippen molar-refractivity contribution in [3.05, 3.63) is 68.3 Å². The Kier molecular flexibility index (Phi) is 4.99. The lowest BCUT2D eigenvalue weighted by Crippen LogP contribution is -2.20. The number of hydrogen-bond donors (Lipinski definition) is 1. The van der Waals surface area contributed by atoms with E-state index in [2.05, 4.69) is 84.2 Å². The Morgan fingerprint density at radius 1 is 1.05 bits per heavy atom. The number of rotatable bonds is 4. The van der Waals surface area contributed by atoms with Crippen molar-refractivity contribution in [1.82, 2.24) is 5.32 Å². The van der Waals surface area contributed by atoms with Gasteiger partial charge in [-0.05, 0) is 66.6 Å². The average molecular weight is 365 g/mol. The van der Waals surface area contributed by atoms with Crippen LogP contribution in [0.2, 0.25) is 0 Å². The predicted octanol–water partition coefficient (Wildman–Crippen LogP) is 4.41. The van der Waals surface area contributed by atoms with Gasteiger partial charge in [0.1, 0.15) is 0 Å². The SMILES string of the molecule is CNC(Cc1ccc(C)cc1)c1cccc(C)c1I. The molecule has 0 aromatic heterocycles. The van der Waals surface area contributed by atoms with E-state index in [1.54, 1.807) is 0 Å². The highest BCUT2D eigenvalue weighted by molar-refractivity contribution is 14.1. The van der Waals surface area contributed by atoms with E-state index in [1.165, 1.54) is 25.8 Å². The van der Waals surface area contributed by atoms with Crippen LogP contribution in [-0.2, 0) is 6.42 Å². The first-order chi connectivity index (χ1) is 9.11. The lowest BCUT2D eigenvalue weighted by atomic mass is 9.97. The van der Waals surface area contributed by atoms with E-state index in [0.717, 1.165) is 6.42 Å². The van der Waals surface area contributed by atoms with Crippen LogP contribution < -0.4 is 5.32 Å². The minimum absolute atomic E-state index is 0.370. The van der Waals surface area contributed by atoms with E-state index >= 15 is 0 Å². The van der Waals surface area contributed by atoms with Crippen molar-refractivity contribution in [2.75, 3.05) is 7.05 Å². The quantitative estimate of drug-likeness (QED) is 0.792. The normalized spacial score (nSPS) is 12.4. The van der Waals surface area contributed by atoms with Gasteiger partial charge in [-0.2, -0.15) is 0 Å². The number of aryl methyl sites for hydroxylation is 2. The zero-order chi connectivity index (χ0) is 13.8. The largest absolute Gasteiger partial charge is 0.313 e. The maximum atomic E-state index is 3.44. The van der Waals surface area contributed by atoms with Crippen LogP contribution in [0.5, 0.6) is 0 Å². The maximum absolute atomic E-state index is 3.44. The summed E-state index contributed by atoms with van der Waals surface area (Å²) in [6.07, 6.45) is 1.02. The van der Waals surface area contributed by atoms with E-state index in [9.17, 15) is 0 Å². The van der Waals surface area contributed by atoms with Gasteiger partial charge in [-0.1, -0.05) is 48.0 Å². The van der Waals surface area contributed by atoms with E-state index in [4.69, 9.17) is 0 Å². The van der Waals surface area contributed by atoms with Crippen LogP contribution in [0.15, 0.2) is 42.5 Å². The smallest absolute Gasteiger partial charge is 0.0369 e. The van der Waals surface area contributed by atoms with Gasteiger partial charge in [0.15, 0.2) is 0 Å². The van der Waals surface area contributed by atoms with Crippen LogP contribution in [0.25, 0.3) is 0 Å². The first-order valence-electron chi connectivity index (χ1n) is 6.59. The van der Waals surface area contributed by atoms with Gasteiger partial charge in [-0.15, -0.1) is 0 Å². The third kappa shape index (κ3) is 3.57. The molecule has 1 N–H and O–H groups in total. The highest BCUT2D eigenvalue weighted by Crippen LogP contribution is 2.25. The molecule has 1 nitrogen and oxygen atoms in total. The van der Waals surface area contributed by atoms with Gasteiger partial charge in [-0.25, -0.2) is 0 Å². The van der Waals surface area contributed by atoms with E-state index in [0.29, 0.717) is 6.04 Å². The van der Waals surface area contributed by atoms with Crippen molar-refractivity contribution < 1.29 is 0 Å². The molecule has 0 saturated carbocycles. The summed E-state index contributed by atoms with van der Waals surface area (Å²) in [5.74, 6) is 0. The monoisotopic (exact) mass is 365 g/mol. The molecule has 0 heterocycles. The summed E-state index contributed by atoms with van der Waals surface area (Å²) in [6.45, 7) is 4.30. The minimum atomic E-state index is 0.370. The molecule has 0 spiro atoms. The Morgan fingerprint density at radius 2 is 1.74 bits per heavy atom. The summed E-state index contributed by atoms with van der Waals surface area (Å²) in [7, 11) is 2.04. The molecule has 0 bridgehead atoms. The molecule has 1 atom stereocenters. The van der Waals surface area contributed by atoms with Crippen LogP contribution >= 0.6 is 22.6 Å². The Bertz CT molecular complexity index is 546. The van der Waals surface area contributed by atoms with Crippen molar-refractivity contribution in [1.29, 1.82) is 0 Å². The molecule has 0 saturated heterocycles. The van der Waals surface area contributed by atoms with Crippen molar-refractivity contribution in [3.8, 4) is 0 Å². The zero-order valence-electron chi connectivity index (χ0n) is 11.7. The molecule has 2 heteroatoms. The summed E-state index contributed by atoms with van der Waals surface area (Å²) < 4.78 is 1.37. The molecule has 0 aliphatic heterocycles. The van der Waals surface area contributed by atoms with Crippen molar-refractivity contribution in [3.63, 3.8) is 0 Å². The summed E-state index contributed by atoms with van der Waals surface area (Å²) in [5, 5.41) is 3.44. The van der Waals surface area contributed by atoms with Gasteiger partial charge in [0.05, 0.1) is 0 Å². The molecule has 2 rings (SSSR count). The zero-order valence-corrected chi connectivity index (χ0v) is 13.9. The van der Waals surface area contributed by atoms with Crippen LogP contribution in [0, 0.1) is 17.4 Å². The third-order valence-electron chi connectivity index (χ3n) is 3.51. The van der Waals surface area contributed by atoms with Crippen LogP contribution in [0.4, 0.5) is 0 Å². The van der Waals surface area contributed by atoms with Gasteiger partial charge in [0.25, 0.3) is 0 Å². The van der Waals surface area contributed by atoms with Crippen molar-refractivity contribution in [2.45, 2.75) is 26.3 Å². The molecule has 2 aromatic carbocycles. The summed E-state index contributed by atoms with van der Waals surface area (Å²) >= 11 is 2.45. The number of halogens is 1. The number of hydrogen-bond acceptors (Lipinski definition) is 1. The van der Waals surface area contributed by atoms with Crippen molar-refractivity contribution in [2.24, 2.45) is 0 Å². The molecule has 0 fully saturated rings. The van der Waals surface area contributed by atoms with Gasteiger partial charge >= 0.3 is 0 Å².